The van der Waals surface area contributed by atoms with Crippen LogP contribution >= 0.6 is 0 Å². The molecule has 0 radical (unpaired) electrons. The van der Waals surface area contributed by atoms with Crippen molar-refractivity contribution in [2.24, 2.45) is 0 Å². The molecule has 60 valence electrons. The Morgan fingerprint density at radius 1 is 1.60 bits per heavy atom. The monoisotopic (exact) mass is 167 g/mol. The van der Waals surface area contributed by atoms with Gasteiger partial charge in [0.15, 0.2) is 0 Å². The maximum atomic E-state index is 12.0. The summed E-state index contributed by atoms with van der Waals surface area (Å²) in [6.07, 6.45) is 1.71. The predicted octanol–water partition coefficient (Wildman–Crippen LogP) is 0.0377. The van der Waals surface area contributed by atoms with Gasteiger partial charge in [-0.3, -0.25) is 0 Å². The van der Waals surface area contributed by atoms with Crippen LogP contribution in [0.2, 0.25) is 0 Å². The topological polar surface area (TPSA) is 46.2 Å². The third-order valence-electron chi connectivity index (χ3n) is 1.56. The first kappa shape index (κ1) is 7.94. The molecule has 0 spiro atoms. The van der Waals surface area contributed by atoms with E-state index in [9.17, 15) is 12.3 Å². The Balaban J connectivity index is 2.38. The van der Waals surface area contributed by atoms with Crippen LogP contribution in [-0.2, 0) is 10.2 Å². The van der Waals surface area contributed by atoms with E-state index < -0.39 is 10.2 Å². The molecule has 1 N–H and O–H groups in total. The van der Waals surface area contributed by atoms with Crippen molar-refractivity contribution >= 4 is 10.2 Å². The third-order valence-corrected chi connectivity index (χ3v) is 2.36. The second-order valence-corrected chi connectivity index (χ2v) is 3.91. The van der Waals surface area contributed by atoms with Gasteiger partial charge in [-0.2, -0.15) is 8.42 Å². The molecule has 1 saturated heterocycles. The summed E-state index contributed by atoms with van der Waals surface area (Å²) >= 11 is 0. The van der Waals surface area contributed by atoms with E-state index in [0.29, 0.717) is 0 Å². The highest BCUT2D eigenvalue weighted by Crippen LogP contribution is 2.07. The van der Waals surface area contributed by atoms with Crippen LogP contribution in [0.3, 0.4) is 0 Å². The summed E-state index contributed by atoms with van der Waals surface area (Å²) in [6, 6.07) is -0.157. The van der Waals surface area contributed by atoms with E-state index in [4.69, 9.17) is 0 Å². The fourth-order valence-corrected chi connectivity index (χ4v) is 1.90. The van der Waals surface area contributed by atoms with Gasteiger partial charge in [0.25, 0.3) is 0 Å². The van der Waals surface area contributed by atoms with Crippen molar-refractivity contribution in [2.45, 2.75) is 18.9 Å². The van der Waals surface area contributed by atoms with Crippen molar-refractivity contribution < 1.29 is 12.3 Å². The highest BCUT2D eigenvalue weighted by molar-refractivity contribution is 7.86. The lowest BCUT2D eigenvalue weighted by Crippen LogP contribution is -2.28. The van der Waals surface area contributed by atoms with Gasteiger partial charge in [-0.25, -0.2) is 0 Å². The zero-order valence-corrected chi connectivity index (χ0v) is 6.32. The minimum absolute atomic E-state index is 0.157. The molecule has 0 saturated carbocycles. The van der Waals surface area contributed by atoms with E-state index in [1.165, 1.54) is 0 Å². The molecular weight excluding hydrogens is 157 g/mol. The number of rotatable bonds is 2. The molecule has 5 heteroatoms. The summed E-state index contributed by atoms with van der Waals surface area (Å²) in [5.41, 5.74) is 0. The van der Waals surface area contributed by atoms with Crippen LogP contribution < -0.4 is 5.32 Å². The average Bonchev–Trinajstić information content (AvgIpc) is 2.12. The minimum atomic E-state index is -4.27. The van der Waals surface area contributed by atoms with Gasteiger partial charge in [0.05, 0.1) is 5.75 Å². The fraction of sp³-hybridized carbons (Fsp3) is 1.00. The normalized spacial score (nSPS) is 27.1. The van der Waals surface area contributed by atoms with Crippen LogP contribution in [-0.4, -0.2) is 26.8 Å². The summed E-state index contributed by atoms with van der Waals surface area (Å²) in [6.45, 7) is 0.806. The molecule has 0 amide bonds. The molecule has 0 bridgehead atoms. The first-order valence-corrected chi connectivity index (χ1v) is 4.79. The number of halogens is 1. The van der Waals surface area contributed by atoms with E-state index >= 15 is 0 Å². The summed E-state index contributed by atoms with van der Waals surface area (Å²) in [7, 11) is -4.27. The molecule has 1 aliphatic rings. The van der Waals surface area contributed by atoms with Gasteiger partial charge in [-0.1, -0.05) is 0 Å². The van der Waals surface area contributed by atoms with Crippen LogP contribution in [0.1, 0.15) is 12.8 Å². The largest absolute Gasteiger partial charge is 0.313 e. The maximum Gasteiger partial charge on any atom is 0.303 e. The Kier molecular flexibility index (Phi) is 2.25. The molecule has 1 fully saturated rings. The van der Waals surface area contributed by atoms with Crippen molar-refractivity contribution in [3.05, 3.63) is 0 Å². The molecule has 0 aromatic carbocycles. The highest BCUT2D eigenvalue weighted by atomic mass is 32.3. The molecule has 0 unspecified atom stereocenters. The molecule has 0 aliphatic carbocycles. The van der Waals surface area contributed by atoms with Gasteiger partial charge in [-0.15, -0.1) is 3.89 Å². The standard InChI is InChI=1S/C5H10FNO2S/c6-10(8,9)4-5-2-1-3-7-5/h5,7H,1-4H2/t5-/m1/s1. The molecule has 1 heterocycles. The molecule has 1 aliphatic heterocycles. The Labute approximate surface area is 59.8 Å². The lowest BCUT2D eigenvalue weighted by Gasteiger charge is -2.04. The Morgan fingerprint density at radius 2 is 2.30 bits per heavy atom. The van der Waals surface area contributed by atoms with Crippen LogP contribution in [0.5, 0.6) is 0 Å². The first-order valence-electron chi connectivity index (χ1n) is 3.24. The molecule has 1 atom stereocenters. The minimum Gasteiger partial charge on any atom is -0.313 e. The molecule has 0 aromatic rings. The van der Waals surface area contributed by atoms with E-state index in [0.717, 1.165) is 19.4 Å². The summed E-state index contributed by atoms with van der Waals surface area (Å²) < 4.78 is 32.1. The van der Waals surface area contributed by atoms with Crippen LogP contribution in [0.25, 0.3) is 0 Å². The summed E-state index contributed by atoms with van der Waals surface area (Å²) in [5, 5.41) is 2.89. The van der Waals surface area contributed by atoms with E-state index in [2.05, 4.69) is 5.32 Å². The van der Waals surface area contributed by atoms with Crippen molar-refractivity contribution in [1.29, 1.82) is 0 Å². The van der Waals surface area contributed by atoms with E-state index in [-0.39, 0.29) is 11.8 Å². The van der Waals surface area contributed by atoms with Gasteiger partial charge in [0.1, 0.15) is 0 Å². The molecule has 3 nitrogen and oxygen atoms in total. The molecular formula is C5H10FNO2S. The second kappa shape index (κ2) is 2.84. The van der Waals surface area contributed by atoms with Crippen molar-refractivity contribution in [1.82, 2.24) is 5.32 Å². The van der Waals surface area contributed by atoms with Crippen LogP contribution in [0.15, 0.2) is 0 Å². The first-order chi connectivity index (χ1) is 4.58. The number of hydrogen-bond donors (Lipinski definition) is 1. The smallest absolute Gasteiger partial charge is 0.303 e. The molecule has 1 rings (SSSR count). The maximum absolute atomic E-state index is 12.0. The van der Waals surface area contributed by atoms with E-state index in [1.807, 2.05) is 0 Å². The lowest BCUT2D eigenvalue weighted by atomic mass is 10.3. The summed E-state index contributed by atoms with van der Waals surface area (Å²) in [4.78, 5) is 0. The molecule has 10 heavy (non-hydrogen) atoms. The SMILES string of the molecule is O=S(=O)(F)C[C@H]1CCCN1. The number of nitrogens with one attached hydrogen (secondary N) is 1. The van der Waals surface area contributed by atoms with Gasteiger partial charge in [0.2, 0.25) is 0 Å². The van der Waals surface area contributed by atoms with Gasteiger partial charge in [-0.05, 0) is 19.4 Å². The quantitative estimate of drug-likeness (QED) is 0.590. The zero-order chi connectivity index (χ0) is 7.61. The summed E-state index contributed by atoms with van der Waals surface area (Å²) in [5.74, 6) is -0.368. The van der Waals surface area contributed by atoms with Crippen LogP contribution in [0.4, 0.5) is 3.89 Å². The van der Waals surface area contributed by atoms with Crippen molar-refractivity contribution in [3.8, 4) is 0 Å². The Morgan fingerprint density at radius 3 is 2.70 bits per heavy atom. The van der Waals surface area contributed by atoms with Gasteiger partial charge in [0, 0.05) is 6.04 Å². The lowest BCUT2D eigenvalue weighted by molar-refractivity contribution is 0.536. The van der Waals surface area contributed by atoms with Crippen molar-refractivity contribution in [2.75, 3.05) is 12.3 Å². The van der Waals surface area contributed by atoms with Crippen molar-refractivity contribution in [3.63, 3.8) is 0 Å². The predicted molar refractivity (Wildman–Crippen MR) is 35.9 cm³/mol. The van der Waals surface area contributed by atoms with E-state index in [1.54, 1.807) is 0 Å². The van der Waals surface area contributed by atoms with Gasteiger partial charge < -0.3 is 5.32 Å². The van der Waals surface area contributed by atoms with Gasteiger partial charge >= 0.3 is 10.2 Å². The Hall–Kier alpha value is -0.160. The average molecular weight is 167 g/mol. The number of hydrogen-bond acceptors (Lipinski definition) is 3. The third kappa shape index (κ3) is 2.62. The molecule has 0 aromatic heterocycles. The second-order valence-electron chi connectivity index (χ2n) is 2.50. The fourth-order valence-electron chi connectivity index (χ4n) is 1.14. The Bertz CT molecular complexity index is 196. The van der Waals surface area contributed by atoms with Crippen LogP contribution in [0, 0.1) is 0 Å². The zero-order valence-electron chi connectivity index (χ0n) is 5.51. The highest BCUT2D eigenvalue weighted by Gasteiger charge is 2.20.